The summed E-state index contributed by atoms with van der Waals surface area (Å²) < 4.78 is 2.11. The number of hydrogen-bond donors (Lipinski definition) is 0. The molecule has 0 bridgehead atoms. The molecule has 0 N–H and O–H groups in total. The maximum Gasteiger partial charge on any atom is 0.204 e. The average molecular weight is 252 g/mol. The van der Waals surface area contributed by atoms with Gasteiger partial charge in [-0.25, -0.2) is 4.57 Å². The summed E-state index contributed by atoms with van der Waals surface area (Å²) in [6.07, 6.45) is 6.36. The summed E-state index contributed by atoms with van der Waals surface area (Å²) in [4.78, 5) is 0. The van der Waals surface area contributed by atoms with Crippen LogP contribution in [0.5, 0.6) is 0 Å². The van der Waals surface area contributed by atoms with E-state index in [9.17, 15) is 0 Å². The number of pyridine rings is 1. The molecule has 2 rings (SSSR count). The van der Waals surface area contributed by atoms with Gasteiger partial charge in [-0.1, -0.05) is 45.0 Å². The van der Waals surface area contributed by atoms with Gasteiger partial charge in [0, 0.05) is 18.2 Å². The molecular weight excluding hydrogens is 230 g/mol. The van der Waals surface area contributed by atoms with Crippen LogP contribution in [0.4, 0.5) is 0 Å². The van der Waals surface area contributed by atoms with Crippen molar-refractivity contribution in [3.63, 3.8) is 0 Å². The zero-order valence-corrected chi connectivity index (χ0v) is 12.2. The second-order valence-electron chi connectivity index (χ2n) is 5.94. The van der Waals surface area contributed by atoms with Gasteiger partial charge in [-0.3, -0.25) is 0 Å². The molecule has 0 amide bonds. The first-order valence-electron chi connectivity index (χ1n) is 6.70. The quantitative estimate of drug-likeness (QED) is 0.712. The lowest BCUT2D eigenvalue weighted by molar-refractivity contribution is -0.673. The summed E-state index contributed by atoms with van der Waals surface area (Å²) in [6.45, 7) is 6.71. The Morgan fingerprint density at radius 2 is 1.58 bits per heavy atom. The van der Waals surface area contributed by atoms with Crippen LogP contribution in [0.3, 0.4) is 0 Å². The smallest absolute Gasteiger partial charge is 0.202 e. The van der Waals surface area contributed by atoms with Crippen molar-refractivity contribution in [1.29, 1.82) is 0 Å². The Balaban J connectivity index is 2.19. The molecular formula is C18H22N+. The summed E-state index contributed by atoms with van der Waals surface area (Å²) in [5.74, 6) is 0. The average Bonchev–Trinajstić information content (AvgIpc) is 2.37. The SMILES string of the molecule is C[n+]1ccccc1/C=C/c1ccc(C(C)(C)C)cc1. The minimum atomic E-state index is 0.216. The van der Waals surface area contributed by atoms with Crippen LogP contribution in [0.1, 0.15) is 37.6 Å². The third kappa shape index (κ3) is 3.54. The summed E-state index contributed by atoms with van der Waals surface area (Å²) >= 11 is 0. The Kier molecular flexibility index (Phi) is 3.84. The molecule has 1 heteroatoms. The Morgan fingerprint density at radius 3 is 2.16 bits per heavy atom. The number of nitrogens with zero attached hydrogens (tertiary/aromatic N) is 1. The van der Waals surface area contributed by atoms with E-state index < -0.39 is 0 Å². The van der Waals surface area contributed by atoms with Gasteiger partial charge in [0.05, 0.1) is 0 Å². The first-order chi connectivity index (χ1) is 8.97. The highest BCUT2D eigenvalue weighted by atomic mass is 14.9. The molecule has 0 aliphatic rings. The van der Waals surface area contributed by atoms with Gasteiger partial charge in [-0.05, 0) is 28.7 Å². The molecule has 1 aromatic heterocycles. The van der Waals surface area contributed by atoms with E-state index in [1.54, 1.807) is 0 Å². The first-order valence-corrected chi connectivity index (χ1v) is 6.70. The molecule has 0 radical (unpaired) electrons. The molecule has 1 aromatic carbocycles. The lowest BCUT2D eigenvalue weighted by Crippen LogP contribution is -2.30. The standard InChI is InChI=1S/C18H22N/c1-18(2,3)16-11-8-15(9-12-16)10-13-17-7-5-6-14-19(17)4/h5-14H,1-4H3/q+1/b13-10+. The van der Waals surface area contributed by atoms with Gasteiger partial charge in [0.15, 0.2) is 6.20 Å². The molecule has 0 aliphatic carbocycles. The number of benzene rings is 1. The van der Waals surface area contributed by atoms with Crippen LogP contribution in [-0.4, -0.2) is 0 Å². The molecule has 0 spiro atoms. The van der Waals surface area contributed by atoms with Crippen LogP contribution in [0.15, 0.2) is 48.7 Å². The summed E-state index contributed by atoms with van der Waals surface area (Å²) in [7, 11) is 2.06. The first kappa shape index (κ1) is 13.5. The predicted molar refractivity (Wildman–Crippen MR) is 81.7 cm³/mol. The number of aryl methyl sites for hydroxylation is 1. The lowest BCUT2D eigenvalue weighted by atomic mass is 9.87. The highest BCUT2D eigenvalue weighted by molar-refractivity contribution is 5.67. The van der Waals surface area contributed by atoms with Crippen LogP contribution >= 0.6 is 0 Å². The third-order valence-corrected chi connectivity index (χ3v) is 3.32. The minimum absolute atomic E-state index is 0.216. The second kappa shape index (κ2) is 5.40. The van der Waals surface area contributed by atoms with Crippen molar-refractivity contribution in [1.82, 2.24) is 0 Å². The summed E-state index contributed by atoms with van der Waals surface area (Å²) in [6, 6.07) is 15.0. The van der Waals surface area contributed by atoms with Crippen molar-refractivity contribution in [3.05, 3.63) is 65.5 Å². The van der Waals surface area contributed by atoms with Crippen molar-refractivity contribution in [3.8, 4) is 0 Å². The van der Waals surface area contributed by atoms with Gasteiger partial charge in [0.1, 0.15) is 7.05 Å². The zero-order valence-electron chi connectivity index (χ0n) is 12.2. The van der Waals surface area contributed by atoms with E-state index in [2.05, 4.69) is 87.1 Å². The highest BCUT2D eigenvalue weighted by Gasteiger charge is 2.12. The van der Waals surface area contributed by atoms with E-state index in [-0.39, 0.29) is 5.41 Å². The summed E-state index contributed by atoms with van der Waals surface area (Å²) in [5.41, 5.74) is 4.02. The van der Waals surface area contributed by atoms with E-state index in [0.29, 0.717) is 0 Å². The fraction of sp³-hybridized carbons (Fsp3) is 0.278. The van der Waals surface area contributed by atoms with E-state index >= 15 is 0 Å². The molecule has 98 valence electrons. The fourth-order valence-electron chi connectivity index (χ4n) is 1.99. The van der Waals surface area contributed by atoms with Crippen molar-refractivity contribution in [2.75, 3.05) is 0 Å². The monoisotopic (exact) mass is 252 g/mol. The molecule has 0 unspecified atom stereocenters. The van der Waals surface area contributed by atoms with E-state index in [1.807, 2.05) is 6.07 Å². The van der Waals surface area contributed by atoms with E-state index in [1.165, 1.54) is 16.8 Å². The molecule has 0 atom stereocenters. The van der Waals surface area contributed by atoms with E-state index in [0.717, 1.165) is 0 Å². The fourth-order valence-corrected chi connectivity index (χ4v) is 1.99. The van der Waals surface area contributed by atoms with Crippen molar-refractivity contribution in [2.45, 2.75) is 26.2 Å². The molecule has 0 saturated carbocycles. The Morgan fingerprint density at radius 1 is 0.895 bits per heavy atom. The van der Waals surface area contributed by atoms with Crippen LogP contribution in [0.25, 0.3) is 12.2 Å². The number of hydrogen-bond acceptors (Lipinski definition) is 0. The van der Waals surface area contributed by atoms with Gasteiger partial charge in [0.25, 0.3) is 0 Å². The molecule has 0 aliphatic heterocycles. The van der Waals surface area contributed by atoms with Crippen LogP contribution in [0.2, 0.25) is 0 Å². The zero-order chi connectivity index (χ0) is 13.9. The van der Waals surface area contributed by atoms with Gasteiger partial charge < -0.3 is 0 Å². The molecule has 2 aromatic rings. The number of aromatic nitrogens is 1. The molecule has 1 nitrogen and oxygen atoms in total. The maximum absolute atomic E-state index is 2.24. The topological polar surface area (TPSA) is 3.88 Å². The van der Waals surface area contributed by atoms with Gasteiger partial charge in [0.2, 0.25) is 5.69 Å². The Bertz CT molecular complexity index is 571. The molecule has 1 heterocycles. The molecule has 19 heavy (non-hydrogen) atoms. The van der Waals surface area contributed by atoms with Crippen molar-refractivity contribution in [2.24, 2.45) is 7.05 Å². The Labute approximate surface area is 116 Å². The van der Waals surface area contributed by atoms with Crippen LogP contribution in [-0.2, 0) is 12.5 Å². The third-order valence-electron chi connectivity index (χ3n) is 3.32. The van der Waals surface area contributed by atoms with Crippen molar-refractivity contribution >= 4 is 12.2 Å². The lowest BCUT2D eigenvalue weighted by Gasteiger charge is -2.18. The normalized spacial score (nSPS) is 12.0. The van der Waals surface area contributed by atoms with Gasteiger partial charge >= 0.3 is 0 Å². The molecule has 0 fully saturated rings. The predicted octanol–water partition coefficient (Wildman–Crippen LogP) is 3.98. The van der Waals surface area contributed by atoms with Gasteiger partial charge in [-0.2, -0.15) is 0 Å². The highest BCUT2D eigenvalue weighted by Crippen LogP contribution is 2.22. The maximum atomic E-state index is 2.24. The summed E-state index contributed by atoms with van der Waals surface area (Å²) in [5, 5.41) is 0. The Hall–Kier alpha value is -1.89. The van der Waals surface area contributed by atoms with Crippen molar-refractivity contribution < 1.29 is 4.57 Å². The van der Waals surface area contributed by atoms with Crippen LogP contribution in [0, 0.1) is 0 Å². The molecule has 0 saturated heterocycles. The minimum Gasteiger partial charge on any atom is -0.202 e. The van der Waals surface area contributed by atoms with Gasteiger partial charge in [-0.15, -0.1) is 0 Å². The van der Waals surface area contributed by atoms with E-state index in [4.69, 9.17) is 0 Å². The number of rotatable bonds is 2. The second-order valence-corrected chi connectivity index (χ2v) is 5.94. The van der Waals surface area contributed by atoms with Crippen LogP contribution < -0.4 is 4.57 Å². The largest absolute Gasteiger partial charge is 0.204 e.